The molecule has 1 aromatic carbocycles. The van der Waals surface area contributed by atoms with Gasteiger partial charge in [-0.25, -0.2) is 8.78 Å². The molecule has 0 aliphatic rings. The lowest BCUT2D eigenvalue weighted by Gasteiger charge is -2.21. The van der Waals surface area contributed by atoms with Crippen LogP contribution in [0.2, 0.25) is 0 Å². The van der Waals surface area contributed by atoms with Crippen molar-refractivity contribution in [2.45, 2.75) is 50.7 Å². The third-order valence-electron chi connectivity index (χ3n) is 6.52. The van der Waals surface area contributed by atoms with Crippen LogP contribution in [0.3, 0.4) is 0 Å². The normalized spacial score (nSPS) is 11.6. The molecule has 0 saturated carbocycles. The molecule has 0 spiro atoms. The van der Waals surface area contributed by atoms with E-state index in [1.54, 1.807) is 0 Å². The van der Waals surface area contributed by atoms with Gasteiger partial charge < -0.3 is 43.2 Å². The molecule has 0 bridgehead atoms. The van der Waals surface area contributed by atoms with E-state index in [1.165, 1.54) is 0 Å². The smallest absolute Gasteiger partial charge is 0.313 e. The molecule has 0 radical (unpaired) electrons. The molecule has 0 heterocycles. The Bertz CT molecular complexity index is 999. The summed E-state index contributed by atoms with van der Waals surface area (Å²) in [5, 5.41) is 2.93. The van der Waals surface area contributed by atoms with Crippen molar-refractivity contribution in [2.75, 3.05) is 105 Å². The zero-order valence-corrected chi connectivity index (χ0v) is 29.0. The van der Waals surface area contributed by atoms with E-state index in [0.29, 0.717) is 85.6 Å². The molecule has 0 atom stereocenters. The molecule has 48 heavy (non-hydrogen) atoms. The van der Waals surface area contributed by atoms with Crippen LogP contribution in [0.5, 0.6) is 5.75 Å². The van der Waals surface area contributed by atoms with E-state index in [1.807, 2.05) is 11.8 Å². The van der Waals surface area contributed by atoms with Crippen LogP contribution in [0.15, 0.2) is 6.07 Å². The summed E-state index contributed by atoms with van der Waals surface area (Å²) < 4.78 is 95.5. The van der Waals surface area contributed by atoms with Gasteiger partial charge in [0.2, 0.25) is 23.3 Å². The zero-order valence-electron chi connectivity index (χ0n) is 28.2. The average Bonchev–Trinajstić information content (AvgIpc) is 3.05. The van der Waals surface area contributed by atoms with Crippen molar-refractivity contribution in [2.24, 2.45) is 0 Å². The van der Waals surface area contributed by atoms with Crippen LogP contribution in [-0.4, -0.2) is 122 Å². The van der Waals surface area contributed by atoms with Crippen LogP contribution in [-0.2, 0) is 42.7 Å². The Morgan fingerprint density at radius 2 is 1.04 bits per heavy atom. The van der Waals surface area contributed by atoms with Crippen molar-refractivity contribution in [1.82, 2.24) is 5.32 Å². The maximum atomic E-state index is 13.5. The predicted molar refractivity (Wildman–Crippen MR) is 171 cm³/mol. The maximum absolute atomic E-state index is 13.5. The minimum Gasteiger partial charge on any atom is -0.420 e. The molecule has 16 heteroatoms. The lowest BCUT2D eigenvalue weighted by Crippen LogP contribution is -2.26. The van der Waals surface area contributed by atoms with Crippen molar-refractivity contribution in [1.29, 1.82) is 0 Å². The number of rotatable bonds is 31. The fourth-order valence-electron chi connectivity index (χ4n) is 3.64. The van der Waals surface area contributed by atoms with Gasteiger partial charge in [0, 0.05) is 23.8 Å². The molecule has 0 fully saturated rings. The second-order valence-corrected chi connectivity index (χ2v) is 12.3. The van der Waals surface area contributed by atoms with Crippen LogP contribution in [0.1, 0.15) is 46.0 Å². The van der Waals surface area contributed by atoms with E-state index in [0.717, 1.165) is 19.3 Å². The van der Waals surface area contributed by atoms with Crippen LogP contribution in [0, 0.1) is 23.3 Å². The molecular formula is C32H51F4NO10S. The lowest BCUT2D eigenvalue weighted by atomic mass is 10.1. The number of nitrogens with one attached hydrogen (secondary N) is 1. The molecule has 0 aromatic heterocycles. The number of unbranched alkanes of at least 4 members (excludes halogenated alkanes) is 1. The molecule has 0 unspecified atom stereocenters. The molecule has 1 rings (SSSR count). The van der Waals surface area contributed by atoms with Gasteiger partial charge in [-0.3, -0.25) is 9.59 Å². The van der Waals surface area contributed by atoms with Gasteiger partial charge in [-0.05, 0) is 19.1 Å². The van der Waals surface area contributed by atoms with E-state index in [-0.39, 0.29) is 36.5 Å². The number of carbonyl (C=O) groups is 2. The first kappa shape index (κ1) is 44.0. The summed E-state index contributed by atoms with van der Waals surface area (Å²) in [6.45, 7) is 9.63. The zero-order chi connectivity index (χ0) is 35.5. The van der Waals surface area contributed by atoms with Crippen molar-refractivity contribution < 1.29 is 65.0 Å². The predicted octanol–water partition coefficient (Wildman–Crippen LogP) is 4.47. The quantitative estimate of drug-likeness (QED) is 0.0385. The number of benzene rings is 1. The van der Waals surface area contributed by atoms with Gasteiger partial charge in [-0.1, -0.05) is 20.3 Å². The van der Waals surface area contributed by atoms with Gasteiger partial charge in [-0.2, -0.15) is 20.5 Å². The second kappa shape index (κ2) is 27.7. The topological polar surface area (TPSA) is 120 Å². The van der Waals surface area contributed by atoms with Gasteiger partial charge >= 0.3 is 5.97 Å². The van der Waals surface area contributed by atoms with E-state index in [9.17, 15) is 27.2 Å². The molecule has 0 saturated heterocycles. The lowest BCUT2D eigenvalue weighted by molar-refractivity contribution is -0.136. The molecule has 0 aliphatic carbocycles. The van der Waals surface area contributed by atoms with Crippen LogP contribution in [0.4, 0.5) is 17.6 Å². The Hall–Kier alpha value is -2.05. The molecule has 0 aliphatic heterocycles. The number of halogens is 4. The van der Waals surface area contributed by atoms with E-state index >= 15 is 0 Å². The minimum absolute atomic E-state index is 0.00204. The average molecular weight is 718 g/mol. The highest BCUT2D eigenvalue weighted by atomic mass is 32.2. The highest BCUT2D eigenvalue weighted by Crippen LogP contribution is 2.27. The van der Waals surface area contributed by atoms with Crippen molar-refractivity contribution in [3.05, 3.63) is 29.3 Å². The van der Waals surface area contributed by atoms with Crippen molar-refractivity contribution in [3.63, 3.8) is 0 Å². The van der Waals surface area contributed by atoms with Gasteiger partial charge in [0.15, 0.2) is 11.6 Å². The summed E-state index contributed by atoms with van der Waals surface area (Å²) >= 11 is 1.86. The summed E-state index contributed by atoms with van der Waals surface area (Å²) in [4.78, 5) is 23.5. The third-order valence-corrected chi connectivity index (χ3v) is 7.83. The van der Waals surface area contributed by atoms with E-state index < -0.39 is 41.4 Å². The number of amides is 1. The van der Waals surface area contributed by atoms with Crippen molar-refractivity contribution in [3.8, 4) is 5.75 Å². The molecule has 11 nitrogen and oxygen atoms in total. The molecule has 278 valence electrons. The maximum Gasteiger partial charge on any atom is 0.313 e. The van der Waals surface area contributed by atoms with Gasteiger partial charge in [0.05, 0.1) is 98.9 Å². The van der Waals surface area contributed by atoms with Gasteiger partial charge in [0.1, 0.15) is 0 Å². The summed E-state index contributed by atoms with van der Waals surface area (Å²) in [5.41, 5.74) is 0. The summed E-state index contributed by atoms with van der Waals surface area (Å²) in [7, 11) is 0. The molecular weight excluding hydrogens is 666 g/mol. The molecule has 1 N–H and O–H groups in total. The highest BCUT2D eigenvalue weighted by Gasteiger charge is 2.23. The number of esters is 1. The van der Waals surface area contributed by atoms with Crippen LogP contribution < -0.4 is 10.1 Å². The summed E-state index contributed by atoms with van der Waals surface area (Å²) in [6, 6.07) is 0.0180. The fourth-order valence-corrected chi connectivity index (χ4v) is 3.99. The highest BCUT2D eigenvalue weighted by molar-refractivity contribution is 7.99. The number of hydrogen-bond donors (Lipinski definition) is 1. The van der Waals surface area contributed by atoms with Crippen LogP contribution >= 0.6 is 11.8 Å². The van der Waals surface area contributed by atoms with E-state index in [2.05, 4.69) is 30.2 Å². The fraction of sp³-hybridized carbons (Fsp3) is 0.750. The van der Waals surface area contributed by atoms with Gasteiger partial charge in [-0.15, -0.1) is 0 Å². The summed E-state index contributed by atoms with van der Waals surface area (Å²) in [6.07, 6.45) is 5.27. The number of ether oxygens (including phenoxy) is 8. The standard InChI is InChI=1S/C32H51F4NO10S/c1-32(2,48-3)8-4-5-9-37-27(38)6-10-40-12-14-42-16-18-44-20-22-46-23-21-45-19-17-43-15-13-41-11-7-28(39)47-31-29(35)25(33)24-26(34)30(31)36/h24H,4-23H2,1-3H3,(H,37,38). The van der Waals surface area contributed by atoms with Crippen molar-refractivity contribution >= 4 is 23.6 Å². The molecule has 1 amide bonds. The largest absolute Gasteiger partial charge is 0.420 e. The Labute approximate surface area is 284 Å². The SMILES string of the molecule is CSC(C)(C)CCCCNC(=O)CCOCCOCCOCCOCCOCCOCCOCCC(=O)Oc1c(F)c(F)cc(F)c1F. The Kier molecular flexibility index (Phi) is 25.4. The van der Waals surface area contributed by atoms with Crippen LogP contribution in [0.25, 0.3) is 0 Å². The third kappa shape index (κ3) is 22.6. The molecule has 1 aromatic rings. The Morgan fingerprint density at radius 3 is 1.46 bits per heavy atom. The first-order valence-corrected chi connectivity index (χ1v) is 17.2. The minimum atomic E-state index is -1.79. The first-order valence-electron chi connectivity index (χ1n) is 16.0. The number of hydrogen-bond acceptors (Lipinski definition) is 11. The second-order valence-electron chi connectivity index (χ2n) is 10.8. The summed E-state index contributed by atoms with van der Waals surface area (Å²) in [5.74, 6) is -9.48. The monoisotopic (exact) mass is 717 g/mol. The number of thioether (sulfide) groups is 1. The van der Waals surface area contributed by atoms with Gasteiger partial charge in [0.25, 0.3) is 0 Å². The Balaban J connectivity index is 1.78. The Morgan fingerprint density at radius 1 is 0.646 bits per heavy atom. The van der Waals surface area contributed by atoms with E-state index in [4.69, 9.17) is 33.2 Å². The first-order chi connectivity index (χ1) is 23.1. The number of carbonyl (C=O) groups excluding carboxylic acids is 2.